The predicted octanol–water partition coefficient (Wildman–Crippen LogP) is 4.45. The lowest BCUT2D eigenvalue weighted by Crippen LogP contribution is -1.97. The minimum Gasteiger partial charge on any atom is -0.397 e. The highest BCUT2D eigenvalue weighted by Gasteiger charge is 2.04. The molecule has 0 unspecified atom stereocenters. The second-order valence-corrected chi connectivity index (χ2v) is 6.22. The molecule has 0 fully saturated rings. The van der Waals surface area contributed by atoms with Gasteiger partial charge < -0.3 is 11.1 Å². The Hall–Kier alpha value is -1.00. The van der Waals surface area contributed by atoms with E-state index in [1.807, 2.05) is 18.2 Å². The van der Waals surface area contributed by atoms with Crippen LogP contribution in [0.3, 0.4) is 0 Å². The molecule has 0 aliphatic carbocycles. The SMILES string of the molecule is Cc1cc(N)c(Nc2ccc(Br)s2)cc1C. The van der Waals surface area contributed by atoms with Crippen LogP contribution in [-0.4, -0.2) is 0 Å². The highest BCUT2D eigenvalue weighted by atomic mass is 79.9. The number of nitrogen functional groups attached to an aromatic ring is 1. The summed E-state index contributed by atoms with van der Waals surface area (Å²) in [6.07, 6.45) is 0. The molecule has 0 aliphatic heterocycles. The molecule has 0 aliphatic rings. The van der Waals surface area contributed by atoms with Gasteiger partial charge in [0.15, 0.2) is 0 Å². The second kappa shape index (κ2) is 4.47. The van der Waals surface area contributed by atoms with Gasteiger partial charge in [-0.05, 0) is 65.2 Å². The quantitative estimate of drug-likeness (QED) is 0.803. The van der Waals surface area contributed by atoms with E-state index in [1.165, 1.54) is 11.1 Å². The third-order valence-corrected chi connectivity index (χ3v) is 4.04. The molecular formula is C12H13BrN2S. The van der Waals surface area contributed by atoms with Gasteiger partial charge in [0.25, 0.3) is 0 Å². The van der Waals surface area contributed by atoms with Gasteiger partial charge in [0.2, 0.25) is 0 Å². The van der Waals surface area contributed by atoms with E-state index in [9.17, 15) is 0 Å². The number of nitrogens with two attached hydrogens (primary N) is 1. The van der Waals surface area contributed by atoms with E-state index in [0.717, 1.165) is 20.2 Å². The van der Waals surface area contributed by atoms with Crippen molar-refractivity contribution in [2.45, 2.75) is 13.8 Å². The number of thiophene rings is 1. The summed E-state index contributed by atoms with van der Waals surface area (Å²) in [6, 6.07) is 8.13. The molecule has 0 radical (unpaired) electrons. The van der Waals surface area contributed by atoms with Crippen molar-refractivity contribution in [3.63, 3.8) is 0 Å². The van der Waals surface area contributed by atoms with Crippen LogP contribution < -0.4 is 11.1 Å². The van der Waals surface area contributed by atoms with Crippen molar-refractivity contribution in [1.29, 1.82) is 0 Å². The van der Waals surface area contributed by atoms with Crippen LogP contribution in [0.25, 0.3) is 0 Å². The number of hydrogen-bond acceptors (Lipinski definition) is 3. The first kappa shape index (κ1) is 11.5. The number of halogens is 1. The highest BCUT2D eigenvalue weighted by Crippen LogP contribution is 2.32. The third kappa shape index (κ3) is 2.39. The van der Waals surface area contributed by atoms with E-state index < -0.39 is 0 Å². The van der Waals surface area contributed by atoms with Crippen molar-refractivity contribution in [2.75, 3.05) is 11.1 Å². The number of nitrogens with one attached hydrogen (secondary N) is 1. The van der Waals surface area contributed by atoms with Crippen molar-refractivity contribution in [3.8, 4) is 0 Å². The molecule has 4 heteroatoms. The monoisotopic (exact) mass is 296 g/mol. The van der Waals surface area contributed by atoms with Crippen LogP contribution in [0, 0.1) is 13.8 Å². The Balaban J connectivity index is 2.31. The second-order valence-electron chi connectivity index (χ2n) is 3.75. The maximum absolute atomic E-state index is 5.98. The summed E-state index contributed by atoms with van der Waals surface area (Å²) in [5.74, 6) is 0. The lowest BCUT2D eigenvalue weighted by molar-refractivity contribution is 1.34. The summed E-state index contributed by atoms with van der Waals surface area (Å²) < 4.78 is 1.11. The van der Waals surface area contributed by atoms with Crippen LogP contribution in [0.4, 0.5) is 16.4 Å². The summed E-state index contributed by atoms with van der Waals surface area (Å²) in [7, 11) is 0. The first-order valence-electron chi connectivity index (χ1n) is 4.95. The van der Waals surface area contributed by atoms with Crippen LogP contribution in [0.2, 0.25) is 0 Å². The van der Waals surface area contributed by atoms with Crippen molar-refractivity contribution >= 4 is 43.6 Å². The predicted molar refractivity (Wildman–Crippen MR) is 75.6 cm³/mol. The Morgan fingerprint density at radius 2 is 1.88 bits per heavy atom. The molecule has 2 rings (SSSR count). The Kier molecular flexibility index (Phi) is 3.21. The van der Waals surface area contributed by atoms with Gasteiger partial charge in [-0.2, -0.15) is 0 Å². The summed E-state index contributed by atoms with van der Waals surface area (Å²) in [5.41, 5.74) is 10.2. The van der Waals surface area contributed by atoms with Gasteiger partial charge in [0.05, 0.1) is 20.2 Å². The molecule has 1 aromatic carbocycles. The van der Waals surface area contributed by atoms with E-state index in [1.54, 1.807) is 11.3 Å². The fourth-order valence-electron chi connectivity index (χ4n) is 1.46. The molecule has 1 heterocycles. The Labute approximate surface area is 108 Å². The van der Waals surface area contributed by atoms with E-state index in [-0.39, 0.29) is 0 Å². The van der Waals surface area contributed by atoms with Crippen molar-refractivity contribution < 1.29 is 0 Å². The molecule has 0 saturated heterocycles. The van der Waals surface area contributed by atoms with E-state index >= 15 is 0 Å². The minimum atomic E-state index is 0.785. The standard InChI is InChI=1S/C12H13BrN2S/c1-7-5-9(14)10(6-8(7)2)15-12-4-3-11(13)16-12/h3-6,15H,14H2,1-2H3. The molecule has 2 nitrogen and oxygen atoms in total. The molecule has 84 valence electrons. The summed E-state index contributed by atoms with van der Waals surface area (Å²) in [5, 5.41) is 4.41. The zero-order valence-electron chi connectivity index (χ0n) is 9.17. The number of hydrogen-bond donors (Lipinski definition) is 2. The number of rotatable bonds is 2. The fourth-order valence-corrected chi connectivity index (χ4v) is 2.76. The molecule has 0 atom stereocenters. The van der Waals surface area contributed by atoms with Gasteiger partial charge in [-0.3, -0.25) is 0 Å². The van der Waals surface area contributed by atoms with Crippen LogP contribution in [-0.2, 0) is 0 Å². The average Bonchev–Trinajstić information content (AvgIpc) is 2.60. The Morgan fingerprint density at radius 1 is 1.19 bits per heavy atom. The molecule has 16 heavy (non-hydrogen) atoms. The summed E-state index contributed by atoms with van der Waals surface area (Å²) >= 11 is 5.09. The van der Waals surface area contributed by atoms with Crippen LogP contribution in [0.1, 0.15) is 11.1 Å². The highest BCUT2D eigenvalue weighted by molar-refractivity contribution is 9.11. The minimum absolute atomic E-state index is 0.785. The number of benzene rings is 1. The zero-order chi connectivity index (χ0) is 11.7. The van der Waals surface area contributed by atoms with Crippen LogP contribution in [0.15, 0.2) is 28.1 Å². The van der Waals surface area contributed by atoms with Gasteiger partial charge in [0, 0.05) is 0 Å². The van der Waals surface area contributed by atoms with E-state index in [4.69, 9.17) is 5.73 Å². The lowest BCUT2D eigenvalue weighted by Gasteiger charge is -2.10. The maximum atomic E-state index is 5.98. The van der Waals surface area contributed by atoms with Gasteiger partial charge in [-0.1, -0.05) is 0 Å². The maximum Gasteiger partial charge on any atom is 0.0938 e. The largest absolute Gasteiger partial charge is 0.397 e. The molecule has 0 bridgehead atoms. The van der Waals surface area contributed by atoms with Gasteiger partial charge in [-0.15, -0.1) is 11.3 Å². The normalized spacial score (nSPS) is 10.4. The van der Waals surface area contributed by atoms with E-state index in [0.29, 0.717) is 0 Å². The first-order chi connectivity index (χ1) is 7.56. The number of aryl methyl sites for hydroxylation is 2. The third-order valence-electron chi connectivity index (χ3n) is 2.50. The number of anilines is 3. The average molecular weight is 297 g/mol. The van der Waals surface area contributed by atoms with Crippen molar-refractivity contribution in [1.82, 2.24) is 0 Å². The summed E-state index contributed by atoms with van der Waals surface area (Å²) in [4.78, 5) is 0. The zero-order valence-corrected chi connectivity index (χ0v) is 11.6. The van der Waals surface area contributed by atoms with Gasteiger partial charge >= 0.3 is 0 Å². The Morgan fingerprint density at radius 3 is 2.50 bits per heavy atom. The fraction of sp³-hybridized carbons (Fsp3) is 0.167. The molecule has 0 amide bonds. The smallest absolute Gasteiger partial charge is 0.0938 e. The molecule has 0 saturated carbocycles. The van der Waals surface area contributed by atoms with Gasteiger partial charge in [0.1, 0.15) is 0 Å². The Bertz CT molecular complexity index is 520. The van der Waals surface area contributed by atoms with Gasteiger partial charge in [-0.25, -0.2) is 0 Å². The first-order valence-corrected chi connectivity index (χ1v) is 6.56. The van der Waals surface area contributed by atoms with Crippen molar-refractivity contribution in [3.05, 3.63) is 39.2 Å². The van der Waals surface area contributed by atoms with Crippen molar-refractivity contribution in [2.24, 2.45) is 0 Å². The lowest BCUT2D eigenvalue weighted by atomic mass is 10.1. The summed E-state index contributed by atoms with van der Waals surface area (Å²) in [6.45, 7) is 4.15. The molecular weight excluding hydrogens is 284 g/mol. The molecule has 2 aromatic rings. The molecule has 3 N–H and O–H groups in total. The van der Waals surface area contributed by atoms with Crippen LogP contribution >= 0.6 is 27.3 Å². The molecule has 1 aromatic heterocycles. The topological polar surface area (TPSA) is 38.0 Å². The van der Waals surface area contributed by atoms with Crippen LogP contribution in [0.5, 0.6) is 0 Å². The molecule has 0 spiro atoms. The van der Waals surface area contributed by atoms with E-state index in [2.05, 4.69) is 41.2 Å².